The second-order valence-corrected chi connectivity index (χ2v) is 7.12. The highest BCUT2D eigenvalue weighted by atomic mass is 16.5. The Hall–Kier alpha value is -4.34. The number of furan rings is 2. The summed E-state index contributed by atoms with van der Waals surface area (Å²) < 4.78 is 20.8. The molecule has 0 saturated carbocycles. The number of aryl methyl sites for hydroxylation is 1. The van der Waals surface area contributed by atoms with E-state index in [-0.39, 0.29) is 34.9 Å². The number of carbonyl (C=O) groups excluding carboxylic acids is 4. The first-order valence-corrected chi connectivity index (χ1v) is 10.5. The van der Waals surface area contributed by atoms with Gasteiger partial charge < -0.3 is 23.6 Å². The van der Waals surface area contributed by atoms with E-state index in [0.29, 0.717) is 18.0 Å². The van der Waals surface area contributed by atoms with Crippen molar-refractivity contribution >= 4 is 35.2 Å². The number of anilines is 2. The Morgan fingerprint density at radius 2 is 1.74 bits per heavy atom. The van der Waals surface area contributed by atoms with Crippen molar-refractivity contribution in [2.75, 3.05) is 23.8 Å². The summed E-state index contributed by atoms with van der Waals surface area (Å²) in [6.07, 6.45) is 1.54. The highest BCUT2D eigenvalue weighted by Crippen LogP contribution is 2.28. The maximum atomic E-state index is 12.6. The second kappa shape index (κ2) is 11.0. The van der Waals surface area contributed by atoms with Crippen LogP contribution in [0.25, 0.3) is 0 Å². The molecule has 1 aromatic carbocycles. The van der Waals surface area contributed by atoms with E-state index >= 15 is 0 Å². The van der Waals surface area contributed by atoms with Gasteiger partial charge in [0.05, 0.1) is 30.5 Å². The molecule has 2 aromatic heterocycles. The smallest absolute Gasteiger partial charge is 0.344 e. The van der Waals surface area contributed by atoms with Gasteiger partial charge in [-0.25, -0.2) is 9.59 Å². The molecule has 0 aliphatic carbocycles. The monoisotopic (exact) mass is 468 g/mol. The van der Waals surface area contributed by atoms with E-state index in [2.05, 4.69) is 10.6 Å². The van der Waals surface area contributed by atoms with Gasteiger partial charge in [0.25, 0.3) is 5.91 Å². The highest BCUT2D eigenvalue weighted by Gasteiger charge is 2.29. The number of Topliss-reactive ketones (excluding diaryl/α,β-unsaturated/α-hetero) is 1. The van der Waals surface area contributed by atoms with Crippen LogP contribution in [-0.2, 0) is 20.8 Å². The molecule has 0 unspecified atom stereocenters. The van der Waals surface area contributed by atoms with E-state index in [1.165, 1.54) is 13.8 Å². The van der Waals surface area contributed by atoms with Gasteiger partial charge in [-0.05, 0) is 45.0 Å². The van der Waals surface area contributed by atoms with Gasteiger partial charge in [0.1, 0.15) is 17.1 Å². The lowest BCUT2D eigenvalue weighted by molar-refractivity contribution is -0.119. The predicted octanol–water partition coefficient (Wildman–Crippen LogP) is 3.97. The summed E-state index contributed by atoms with van der Waals surface area (Å²) in [5, 5.41) is 5.45. The zero-order chi connectivity index (χ0) is 24.7. The molecule has 0 bridgehead atoms. The quantitative estimate of drug-likeness (QED) is 0.334. The third-order valence-corrected chi connectivity index (χ3v) is 4.68. The number of ether oxygens (including phenoxy) is 2. The molecule has 0 fully saturated rings. The first kappa shape index (κ1) is 24.3. The molecule has 0 atom stereocenters. The minimum absolute atomic E-state index is 0.0160. The van der Waals surface area contributed by atoms with Crippen LogP contribution in [0.5, 0.6) is 0 Å². The molecule has 2 N–H and O–H groups in total. The van der Waals surface area contributed by atoms with Gasteiger partial charge in [-0.3, -0.25) is 14.9 Å². The molecule has 34 heavy (non-hydrogen) atoms. The molecule has 0 saturated heterocycles. The second-order valence-electron chi connectivity index (χ2n) is 7.12. The number of hydrogen-bond donors (Lipinski definition) is 2. The van der Waals surface area contributed by atoms with Crippen LogP contribution in [0.1, 0.15) is 56.4 Å². The number of carbonyl (C=O) groups is 4. The Kier molecular flexibility index (Phi) is 7.86. The molecule has 0 spiro atoms. The van der Waals surface area contributed by atoms with Crippen LogP contribution in [0.3, 0.4) is 0 Å². The predicted molar refractivity (Wildman–Crippen MR) is 121 cm³/mol. The summed E-state index contributed by atoms with van der Waals surface area (Å²) in [6, 6.07) is 10.2. The number of amides is 1. The molecule has 0 radical (unpaired) electrons. The molecular weight excluding hydrogens is 444 g/mol. The average Bonchev–Trinajstić information content (AvgIpc) is 3.44. The molecule has 1 amide bonds. The van der Waals surface area contributed by atoms with Gasteiger partial charge in [0.2, 0.25) is 5.88 Å². The number of para-hydroxylation sites is 1. The lowest BCUT2D eigenvalue weighted by Gasteiger charge is -2.11. The Balaban J connectivity index is 1.67. The number of ketones is 1. The van der Waals surface area contributed by atoms with Gasteiger partial charge >= 0.3 is 11.9 Å². The Morgan fingerprint density at radius 3 is 2.41 bits per heavy atom. The first-order chi connectivity index (χ1) is 16.3. The first-order valence-electron chi connectivity index (χ1n) is 10.5. The third-order valence-electron chi connectivity index (χ3n) is 4.68. The van der Waals surface area contributed by atoms with E-state index in [4.69, 9.17) is 18.3 Å². The zero-order valence-corrected chi connectivity index (χ0v) is 18.9. The van der Waals surface area contributed by atoms with Crippen LogP contribution in [0.15, 0.2) is 51.5 Å². The Morgan fingerprint density at radius 1 is 0.971 bits per heavy atom. The van der Waals surface area contributed by atoms with Crippen LogP contribution in [-0.4, -0.2) is 36.8 Å². The minimum atomic E-state index is -0.812. The molecule has 2 heterocycles. The van der Waals surface area contributed by atoms with E-state index in [1.54, 1.807) is 49.6 Å². The SMILES string of the molecule is CCOC(=O)c1c(NC(=O)COC(=O)c2ccccc2NCc2ccco2)oc(C)c1C(C)=O. The van der Waals surface area contributed by atoms with Crippen LogP contribution < -0.4 is 10.6 Å². The fourth-order valence-electron chi connectivity index (χ4n) is 3.24. The summed E-state index contributed by atoms with van der Waals surface area (Å²) in [5.41, 5.74) is 0.560. The fraction of sp³-hybridized carbons (Fsp3) is 0.250. The molecule has 0 aliphatic rings. The Bertz CT molecular complexity index is 1190. The van der Waals surface area contributed by atoms with Crippen LogP contribution >= 0.6 is 0 Å². The topological polar surface area (TPSA) is 137 Å². The summed E-state index contributed by atoms with van der Waals surface area (Å²) in [5.74, 6) is -2.14. The van der Waals surface area contributed by atoms with E-state index in [0.717, 1.165) is 0 Å². The number of nitrogens with one attached hydrogen (secondary N) is 2. The minimum Gasteiger partial charge on any atom is -0.467 e. The van der Waals surface area contributed by atoms with Crippen molar-refractivity contribution < 1.29 is 37.5 Å². The Labute approximate surface area is 195 Å². The van der Waals surface area contributed by atoms with Gasteiger partial charge in [0.15, 0.2) is 12.4 Å². The van der Waals surface area contributed by atoms with Gasteiger partial charge in [-0.1, -0.05) is 12.1 Å². The maximum Gasteiger partial charge on any atom is 0.344 e. The van der Waals surface area contributed by atoms with Crippen molar-refractivity contribution in [3.63, 3.8) is 0 Å². The summed E-state index contributed by atoms with van der Waals surface area (Å²) in [6.45, 7) is 4.14. The summed E-state index contributed by atoms with van der Waals surface area (Å²) >= 11 is 0. The van der Waals surface area contributed by atoms with Crippen molar-refractivity contribution in [1.82, 2.24) is 0 Å². The molecule has 0 aliphatic heterocycles. The fourth-order valence-corrected chi connectivity index (χ4v) is 3.24. The lowest BCUT2D eigenvalue weighted by atomic mass is 10.1. The summed E-state index contributed by atoms with van der Waals surface area (Å²) in [4.78, 5) is 49.3. The van der Waals surface area contributed by atoms with Crippen molar-refractivity contribution in [3.05, 3.63) is 70.9 Å². The molecule has 3 aromatic rings. The maximum absolute atomic E-state index is 12.6. The van der Waals surface area contributed by atoms with Crippen molar-refractivity contribution in [3.8, 4) is 0 Å². The van der Waals surface area contributed by atoms with Crippen molar-refractivity contribution in [2.24, 2.45) is 0 Å². The van der Waals surface area contributed by atoms with Gasteiger partial charge in [-0.15, -0.1) is 0 Å². The third kappa shape index (κ3) is 5.71. The van der Waals surface area contributed by atoms with Crippen molar-refractivity contribution in [2.45, 2.75) is 27.3 Å². The largest absolute Gasteiger partial charge is 0.467 e. The standard InChI is InChI=1S/C24H24N2O8/c1-4-31-24(30)21-20(14(2)27)15(3)34-22(21)26-19(28)13-33-23(29)17-9-5-6-10-18(17)25-12-16-8-7-11-32-16/h5-11,25H,4,12-13H2,1-3H3,(H,26,28). The van der Waals surface area contributed by atoms with Crippen molar-refractivity contribution in [1.29, 1.82) is 0 Å². The van der Waals surface area contributed by atoms with Crippen LogP contribution in [0, 0.1) is 6.92 Å². The van der Waals surface area contributed by atoms with Gasteiger partial charge in [-0.2, -0.15) is 0 Å². The normalized spacial score (nSPS) is 10.4. The van der Waals surface area contributed by atoms with E-state index < -0.39 is 30.2 Å². The molecule has 10 nitrogen and oxygen atoms in total. The lowest BCUT2D eigenvalue weighted by Crippen LogP contribution is -2.22. The van der Waals surface area contributed by atoms with E-state index in [1.807, 2.05) is 0 Å². The molecule has 3 rings (SSSR count). The number of benzene rings is 1. The van der Waals surface area contributed by atoms with E-state index in [9.17, 15) is 19.2 Å². The molecule has 178 valence electrons. The molecular formula is C24H24N2O8. The van der Waals surface area contributed by atoms with Crippen LogP contribution in [0.2, 0.25) is 0 Å². The average molecular weight is 468 g/mol. The molecule has 10 heteroatoms. The highest BCUT2D eigenvalue weighted by molar-refractivity contribution is 6.11. The zero-order valence-electron chi connectivity index (χ0n) is 18.9. The van der Waals surface area contributed by atoms with Crippen LogP contribution in [0.4, 0.5) is 11.6 Å². The number of rotatable bonds is 10. The number of esters is 2. The van der Waals surface area contributed by atoms with Gasteiger partial charge in [0, 0.05) is 5.69 Å². The number of hydrogen-bond acceptors (Lipinski definition) is 9. The summed E-state index contributed by atoms with van der Waals surface area (Å²) in [7, 11) is 0.